The zero-order valence-electron chi connectivity index (χ0n) is 12.6. The van der Waals surface area contributed by atoms with E-state index in [1.165, 1.54) is 0 Å². The van der Waals surface area contributed by atoms with E-state index in [-0.39, 0.29) is 0 Å². The Labute approximate surface area is 116 Å². The molecule has 1 aliphatic heterocycles. The molecule has 19 heavy (non-hydrogen) atoms. The van der Waals surface area contributed by atoms with Crippen molar-refractivity contribution in [2.24, 2.45) is 5.73 Å². The van der Waals surface area contributed by atoms with Gasteiger partial charge in [-0.25, -0.2) is 0 Å². The highest BCUT2D eigenvalue weighted by Gasteiger charge is 2.31. The van der Waals surface area contributed by atoms with Gasteiger partial charge in [-0.3, -0.25) is 9.69 Å². The minimum Gasteiger partial charge on any atom is -0.480 e. The summed E-state index contributed by atoms with van der Waals surface area (Å²) in [5.74, 6) is -0.876. The number of aliphatic carboxylic acids is 1. The highest BCUT2D eigenvalue weighted by molar-refractivity contribution is 5.78. The Balaban J connectivity index is 2.32. The molecule has 1 aliphatic rings. The number of carbonyl (C=O) groups is 1. The zero-order chi connectivity index (χ0) is 14.5. The molecule has 1 rings (SSSR count). The molecule has 0 aliphatic carbocycles. The van der Waals surface area contributed by atoms with E-state index in [0.717, 1.165) is 39.1 Å². The Hall–Kier alpha value is -0.650. The summed E-state index contributed by atoms with van der Waals surface area (Å²) in [5.41, 5.74) is 4.86. The number of hydrogen-bond acceptors (Lipinski definition) is 4. The normalized spacial score (nSPS) is 25.2. The maximum atomic E-state index is 11.1. The van der Waals surface area contributed by atoms with Gasteiger partial charge >= 0.3 is 5.97 Å². The third kappa shape index (κ3) is 4.44. The van der Waals surface area contributed by atoms with Crippen LogP contribution in [0.4, 0.5) is 0 Å². The van der Waals surface area contributed by atoms with Gasteiger partial charge in [-0.05, 0) is 39.3 Å². The molecule has 112 valence electrons. The van der Waals surface area contributed by atoms with Crippen LogP contribution in [-0.2, 0) is 4.79 Å². The van der Waals surface area contributed by atoms with E-state index in [1.54, 1.807) is 0 Å². The molecule has 1 fully saturated rings. The van der Waals surface area contributed by atoms with Gasteiger partial charge in [0, 0.05) is 25.7 Å². The molecule has 1 saturated heterocycles. The molecule has 0 bridgehead atoms. The highest BCUT2D eigenvalue weighted by Crippen LogP contribution is 2.16. The summed E-state index contributed by atoms with van der Waals surface area (Å²) in [6.45, 7) is 11.6. The Morgan fingerprint density at radius 1 is 1.42 bits per heavy atom. The van der Waals surface area contributed by atoms with E-state index in [4.69, 9.17) is 10.8 Å². The van der Waals surface area contributed by atoms with Gasteiger partial charge < -0.3 is 15.7 Å². The van der Waals surface area contributed by atoms with Crippen LogP contribution in [0.25, 0.3) is 0 Å². The molecule has 0 saturated carbocycles. The van der Waals surface area contributed by atoms with Gasteiger partial charge in [0.2, 0.25) is 0 Å². The van der Waals surface area contributed by atoms with Crippen LogP contribution in [0.2, 0.25) is 0 Å². The first-order valence-electron chi connectivity index (χ1n) is 7.41. The van der Waals surface area contributed by atoms with Crippen LogP contribution in [0.5, 0.6) is 0 Å². The number of nitrogens with zero attached hydrogens (tertiary/aromatic N) is 2. The van der Waals surface area contributed by atoms with Crippen molar-refractivity contribution in [3.8, 4) is 0 Å². The molecule has 0 aromatic rings. The number of nitrogens with two attached hydrogens (primary N) is 1. The van der Waals surface area contributed by atoms with Crippen LogP contribution in [0.15, 0.2) is 0 Å². The Kier molecular flexibility index (Phi) is 6.23. The SMILES string of the molecule is CCN1CCN(CCCC(N)(CC)C(=O)O)CC1C. The average Bonchev–Trinajstić information content (AvgIpc) is 2.38. The van der Waals surface area contributed by atoms with Gasteiger partial charge in [0.15, 0.2) is 0 Å². The maximum Gasteiger partial charge on any atom is 0.323 e. The first-order chi connectivity index (χ1) is 8.92. The van der Waals surface area contributed by atoms with Crippen LogP contribution in [0.3, 0.4) is 0 Å². The molecule has 5 nitrogen and oxygen atoms in total. The van der Waals surface area contributed by atoms with E-state index in [9.17, 15) is 4.79 Å². The van der Waals surface area contributed by atoms with Crippen LogP contribution in [0.1, 0.15) is 40.0 Å². The smallest absolute Gasteiger partial charge is 0.323 e. The van der Waals surface area contributed by atoms with E-state index in [1.807, 2.05) is 6.92 Å². The fraction of sp³-hybridized carbons (Fsp3) is 0.929. The first kappa shape index (κ1) is 16.4. The molecular weight excluding hydrogens is 242 g/mol. The van der Waals surface area contributed by atoms with Gasteiger partial charge in [-0.1, -0.05) is 13.8 Å². The number of hydrogen-bond donors (Lipinski definition) is 2. The second-order valence-electron chi connectivity index (χ2n) is 5.70. The number of likely N-dealkylation sites (N-methyl/N-ethyl adjacent to an activating group) is 1. The van der Waals surface area contributed by atoms with Gasteiger partial charge in [0.1, 0.15) is 5.54 Å². The van der Waals surface area contributed by atoms with Crippen molar-refractivity contribution in [1.29, 1.82) is 0 Å². The number of carboxylic acids is 1. The number of carboxylic acid groups (broad SMARTS) is 1. The van der Waals surface area contributed by atoms with Crippen molar-refractivity contribution in [3.05, 3.63) is 0 Å². The van der Waals surface area contributed by atoms with Crippen molar-refractivity contribution >= 4 is 5.97 Å². The Morgan fingerprint density at radius 3 is 2.58 bits per heavy atom. The molecule has 0 spiro atoms. The molecule has 0 aromatic heterocycles. The lowest BCUT2D eigenvalue weighted by Crippen LogP contribution is -2.52. The molecule has 2 atom stereocenters. The number of piperazine rings is 1. The minimum absolute atomic E-state index is 0.488. The lowest BCUT2D eigenvalue weighted by Gasteiger charge is -2.39. The molecule has 0 aromatic carbocycles. The van der Waals surface area contributed by atoms with Gasteiger partial charge in [-0.2, -0.15) is 0 Å². The van der Waals surface area contributed by atoms with Gasteiger partial charge in [-0.15, -0.1) is 0 Å². The topological polar surface area (TPSA) is 69.8 Å². The van der Waals surface area contributed by atoms with E-state index in [2.05, 4.69) is 23.6 Å². The van der Waals surface area contributed by atoms with Crippen molar-refractivity contribution in [1.82, 2.24) is 9.80 Å². The quantitative estimate of drug-likeness (QED) is 0.722. The molecular formula is C14H29N3O2. The minimum atomic E-state index is -1.04. The van der Waals surface area contributed by atoms with Crippen LogP contribution in [-0.4, -0.2) is 65.2 Å². The summed E-state index contributed by atoms with van der Waals surface area (Å²) in [6.07, 6.45) is 1.90. The standard InChI is InChI=1S/C14H29N3O2/c1-4-14(15,13(18)19)7-6-8-16-9-10-17(5-2)12(3)11-16/h12H,4-11,15H2,1-3H3,(H,18,19). The van der Waals surface area contributed by atoms with Gasteiger partial charge in [0.05, 0.1) is 0 Å². The van der Waals surface area contributed by atoms with Crippen molar-refractivity contribution in [2.45, 2.75) is 51.6 Å². The second kappa shape index (κ2) is 7.22. The largest absolute Gasteiger partial charge is 0.480 e. The van der Waals surface area contributed by atoms with Crippen LogP contribution in [0, 0.1) is 0 Å². The summed E-state index contributed by atoms with van der Waals surface area (Å²) < 4.78 is 0. The fourth-order valence-corrected chi connectivity index (χ4v) is 2.80. The first-order valence-corrected chi connectivity index (χ1v) is 7.41. The highest BCUT2D eigenvalue weighted by atomic mass is 16.4. The molecule has 1 heterocycles. The average molecular weight is 271 g/mol. The van der Waals surface area contributed by atoms with Crippen LogP contribution >= 0.6 is 0 Å². The summed E-state index contributed by atoms with van der Waals surface area (Å²) >= 11 is 0. The molecule has 0 radical (unpaired) electrons. The second-order valence-corrected chi connectivity index (χ2v) is 5.70. The molecule has 2 unspecified atom stereocenters. The summed E-state index contributed by atoms with van der Waals surface area (Å²) in [4.78, 5) is 16.0. The predicted octanol–water partition coefficient (Wildman–Crippen LogP) is 0.985. The van der Waals surface area contributed by atoms with Crippen molar-refractivity contribution < 1.29 is 9.90 Å². The summed E-state index contributed by atoms with van der Waals surface area (Å²) in [5, 5.41) is 9.13. The summed E-state index contributed by atoms with van der Waals surface area (Å²) in [7, 11) is 0. The maximum absolute atomic E-state index is 11.1. The van der Waals surface area contributed by atoms with Crippen molar-refractivity contribution in [2.75, 3.05) is 32.7 Å². The number of rotatable bonds is 7. The molecule has 5 heteroatoms. The summed E-state index contributed by atoms with van der Waals surface area (Å²) in [6, 6.07) is 0.590. The Bertz CT molecular complexity index is 298. The predicted molar refractivity (Wildman–Crippen MR) is 77.2 cm³/mol. The Morgan fingerprint density at radius 2 is 2.11 bits per heavy atom. The monoisotopic (exact) mass is 271 g/mol. The fourth-order valence-electron chi connectivity index (χ4n) is 2.80. The lowest BCUT2D eigenvalue weighted by atomic mass is 9.91. The lowest BCUT2D eigenvalue weighted by molar-refractivity contribution is -0.143. The third-order valence-corrected chi connectivity index (χ3v) is 4.41. The third-order valence-electron chi connectivity index (χ3n) is 4.41. The van der Waals surface area contributed by atoms with E-state index >= 15 is 0 Å². The van der Waals surface area contributed by atoms with E-state index in [0.29, 0.717) is 18.9 Å². The molecule has 0 amide bonds. The molecule has 3 N–H and O–H groups in total. The zero-order valence-corrected chi connectivity index (χ0v) is 12.6. The van der Waals surface area contributed by atoms with Crippen molar-refractivity contribution in [3.63, 3.8) is 0 Å². The van der Waals surface area contributed by atoms with Crippen LogP contribution < -0.4 is 5.73 Å². The van der Waals surface area contributed by atoms with Gasteiger partial charge in [0.25, 0.3) is 0 Å². The van der Waals surface area contributed by atoms with E-state index < -0.39 is 11.5 Å².